The first-order chi connectivity index (χ1) is 10.5. The van der Waals surface area contributed by atoms with E-state index >= 15 is 0 Å². The molecule has 0 heterocycles. The quantitative estimate of drug-likeness (QED) is 0.879. The molecule has 1 N–H and O–H groups in total. The average molecular weight is 297 g/mol. The maximum Gasteiger partial charge on any atom is 0.338 e. The number of aryl methyl sites for hydroxylation is 2. The highest BCUT2D eigenvalue weighted by atomic mass is 16.5. The Morgan fingerprint density at radius 2 is 1.64 bits per heavy atom. The highest BCUT2D eigenvalue weighted by molar-refractivity contribution is 5.97. The molecular formula is C18H19NO3. The molecule has 0 aromatic heterocycles. The van der Waals surface area contributed by atoms with Gasteiger partial charge < -0.3 is 10.1 Å². The molecule has 1 amide bonds. The van der Waals surface area contributed by atoms with Crippen LogP contribution in [0.15, 0.2) is 48.5 Å². The smallest absolute Gasteiger partial charge is 0.338 e. The molecule has 22 heavy (non-hydrogen) atoms. The summed E-state index contributed by atoms with van der Waals surface area (Å²) in [6.45, 7) is 5.39. The van der Waals surface area contributed by atoms with E-state index in [1.165, 1.54) is 0 Å². The van der Waals surface area contributed by atoms with Crippen LogP contribution in [0.5, 0.6) is 0 Å². The van der Waals surface area contributed by atoms with Gasteiger partial charge >= 0.3 is 5.97 Å². The molecule has 0 bridgehead atoms. The Hall–Kier alpha value is -2.62. The maximum absolute atomic E-state index is 12.1. The minimum atomic E-state index is -0.867. The molecule has 2 aromatic rings. The van der Waals surface area contributed by atoms with Crippen LogP contribution in [0.1, 0.15) is 28.4 Å². The summed E-state index contributed by atoms with van der Waals surface area (Å²) in [6.07, 6.45) is -0.867. The van der Waals surface area contributed by atoms with Crippen LogP contribution in [0.2, 0.25) is 0 Å². The molecule has 0 spiro atoms. The highest BCUT2D eigenvalue weighted by Crippen LogP contribution is 2.14. The predicted molar refractivity (Wildman–Crippen MR) is 85.9 cm³/mol. The van der Waals surface area contributed by atoms with E-state index in [1.54, 1.807) is 19.1 Å². The topological polar surface area (TPSA) is 55.4 Å². The first-order valence-electron chi connectivity index (χ1n) is 7.11. The molecule has 2 aromatic carbocycles. The summed E-state index contributed by atoms with van der Waals surface area (Å²) >= 11 is 0. The van der Waals surface area contributed by atoms with E-state index < -0.39 is 12.1 Å². The van der Waals surface area contributed by atoms with Gasteiger partial charge in [-0.05, 0) is 44.5 Å². The van der Waals surface area contributed by atoms with Gasteiger partial charge in [-0.2, -0.15) is 0 Å². The fourth-order valence-electron chi connectivity index (χ4n) is 1.92. The van der Waals surface area contributed by atoms with Crippen LogP contribution in [0, 0.1) is 13.8 Å². The second kappa shape index (κ2) is 6.89. The molecule has 0 fully saturated rings. The third-order valence-electron chi connectivity index (χ3n) is 3.34. The third-order valence-corrected chi connectivity index (χ3v) is 3.34. The van der Waals surface area contributed by atoms with Gasteiger partial charge in [-0.15, -0.1) is 0 Å². The summed E-state index contributed by atoms with van der Waals surface area (Å²) in [5.41, 5.74) is 3.15. The van der Waals surface area contributed by atoms with Crippen LogP contribution >= 0.6 is 0 Å². The third kappa shape index (κ3) is 3.95. The number of benzene rings is 2. The van der Waals surface area contributed by atoms with Crippen molar-refractivity contribution in [3.63, 3.8) is 0 Å². The number of anilines is 1. The van der Waals surface area contributed by atoms with Crippen molar-refractivity contribution in [2.45, 2.75) is 26.9 Å². The molecule has 1 atom stereocenters. The maximum atomic E-state index is 12.1. The number of carbonyl (C=O) groups excluding carboxylic acids is 2. The molecule has 114 valence electrons. The molecule has 0 saturated carbocycles. The zero-order valence-electron chi connectivity index (χ0n) is 12.9. The van der Waals surface area contributed by atoms with E-state index in [0.29, 0.717) is 11.3 Å². The van der Waals surface area contributed by atoms with Crippen molar-refractivity contribution in [3.8, 4) is 0 Å². The van der Waals surface area contributed by atoms with Crippen LogP contribution in [0.4, 0.5) is 5.69 Å². The van der Waals surface area contributed by atoms with Gasteiger partial charge in [0.05, 0.1) is 5.56 Å². The lowest BCUT2D eigenvalue weighted by Gasteiger charge is -2.14. The van der Waals surface area contributed by atoms with Crippen molar-refractivity contribution in [1.29, 1.82) is 0 Å². The average Bonchev–Trinajstić information content (AvgIpc) is 2.50. The fourth-order valence-corrected chi connectivity index (χ4v) is 1.92. The number of carbonyl (C=O) groups is 2. The summed E-state index contributed by atoms with van der Waals surface area (Å²) in [4.78, 5) is 24.1. The van der Waals surface area contributed by atoms with Crippen molar-refractivity contribution < 1.29 is 14.3 Å². The molecule has 4 heteroatoms. The van der Waals surface area contributed by atoms with Gasteiger partial charge in [0, 0.05) is 5.69 Å². The van der Waals surface area contributed by atoms with Gasteiger partial charge in [-0.1, -0.05) is 35.9 Å². The molecule has 0 aliphatic heterocycles. The highest BCUT2D eigenvalue weighted by Gasteiger charge is 2.19. The van der Waals surface area contributed by atoms with E-state index in [0.717, 1.165) is 11.1 Å². The van der Waals surface area contributed by atoms with E-state index in [2.05, 4.69) is 5.32 Å². The summed E-state index contributed by atoms with van der Waals surface area (Å²) in [5, 5.41) is 2.76. The van der Waals surface area contributed by atoms with Crippen LogP contribution in [-0.4, -0.2) is 18.0 Å². The fraction of sp³-hybridized carbons (Fsp3) is 0.222. The van der Waals surface area contributed by atoms with Crippen LogP contribution < -0.4 is 5.32 Å². The second-order valence-corrected chi connectivity index (χ2v) is 5.22. The lowest BCUT2D eigenvalue weighted by molar-refractivity contribution is -0.123. The monoisotopic (exact) mass is 297 g/mol. The number of para-hydroxylation sites is 1. The van der Waals surface area contributed by atoms with Gasteiger partial charge in [0.25, 0.3) is 5.91 Å². The Morgan fingerprint density at radius 3 is 2.27 bits per heavy atom. The lowest BCUT2D eigenvalue weighted by Crippen LogP contribution is -2.30. The van der Waals surface area contributed by atoms with Crippen molar-refractivity contribution in [2.75, 3.05) is 5.32 Å². The Kier molecular flexibility index (Phi) is 4.94. The van der Waals surface area contributed by atoms with Crippen molar-refractivity contribution >= 4 is 17.6 Å². The minimum Gasteiger partial charge on any atom is -0.449 e. The molecule has 0 aliphatic rings. The summed E-state index contributed by atoms with van der Waals surface area (Å²) in [6, 6.07) is 14.5. The first-order valence-corrected chi connectivity index (χ1v) is 7.11. The normalized spacial score (nSPS) is 11.6. The molecule has 2 rings (SSSR count). The Morgan fingerprint density at radius 1 is 1.00 bits per heavy atom. The van der Waals surface area contributed by atoms with E-state index in [1.807, 2.05) is 50.2 Å². The van der Waals surface area contributed by atoms with Crippen LogP contribution in [0.25, 0.3) is 0 Å². The number of hydrogen-bond donors (Lipinski definition) is 1. The number of hydrogen-bond acceptors (Lipinski definition) is 3. The molecule has 0 unspecified atom stereocenters. The van der Waals surface area contributed by atoms with Gasteiger partial charge in [0.2, 0.25) is 0 Å². The standard InChI is InChI=1S/C18H19NO3/c1-12-8-10-15(11-9-12)18(21)22-14(3)17(20)19-16-7-5-4-6-13(16)2/h4-11,14H,1-3H3,(H,19,20)/t14-/m0/s1. The summed E-state index contributed by atoms with van der Waals surface area (Å²) in [5.74, 6) is -0.859. The van der Waals surface area contributed by atoms with Gasteiger partial charge in [0.1, 0.15) is 0 Å². The molecular weight excluding hydrogens is 278 g/mol. The van der Waals surface area contributed by atoms with Gasteiger partial charge in [0.15, 0.2) is 6.10 Å². The Bertz CT molecular complexity index is 677. The van der Waals surface area contributed by atoms with Crippen LogP contribution in [0.3, 0.4) is 0 Å². The lowest BCUT2D eigenvalue weighted by atomic mass is 10.1. The summed E-state index contributed by atoms with van der Waals surface area (Å²) in [7, 11) is 0. The molecule has 0 saturated heterocycles. The molecule has 0 aliphatic carbocycles. The number of rotatable bonds is 4. The second-order valence-electron chi connectivity index (χ2n) is 5.22. The predicted octanol–water partition coefficient (Wildman–Crippen LogP) is 3.49. The van der Waals surface area contributed by atoms with Crippen molar-refractivity contribution in [3.05, 3.63) is 65.2 Å². The first kappa shape index (κ1) is 15.8. The largest absolute Gasteiger partial charge is 0.449 e. The number of ether oxygens (including phenoxy) is 1. The Labute approximate surface area is 130 Å². The van der Waals surface area contributed by atoms with Crippen molar-refractivity contribution in [2.24, 2.45) is 0 Å². The number of nitrogens with one attached hydrogen (secondary N) is 1. The zero-order chi connectivity index (χ0) is 16.1. The minimum absolute atomic E-state index is 0.352. The van der Waals surface area contributed by atoms with E-state index in [-0.39, 0.29) is 5.91 Å². The molecule has 0 radical (unpaired) electrons. The number of esters is 1. The SMILES string of the molecule is Cc1ccc(C(=O)O[C@@H](C)C(=O)Nc2ccccc2C)cc1. The van der Waals surface area contributed by atoms with E-state index in [4.69, 9.17) is 4.74 Å². The zero-order valence-corrected chi connectivity index (χ0v) is 12.9. The summed E-state index contributed by atoms with van der Waals surface area (Å²) < 4.78 is 5.20. The Balaban J connectivity index is 1.98. The van der Waals surface area contributed by atoms with Gasteiger partial charge in [-0.25, -0.2) is 4.79 Å². The van der Waals surface area contributed by atoms with Gasteiger partial charge in [-0.3, -0.25) is 4.79 Å². The van der Waals surface area contributed by atoms with E-state index in [9.17, 15) is 9.59 Å². The van der Waals surface area contributed by atoms with Crippen LogP contribution in [-0.2, 0) is 9.53 Å². The van der Waals surface area contributed by atoms with Crippen molar-refractivity contribution in [1.82, 2.24) is 0 Å². The number of amides is 1. The molecule has 4 nitrogen and oxygen atoms in total.